The summed E-state index contributed by atoms with van der Waals surface area (Å²) in [4.78, 5) is 2.47. The summed E-state index contributed by atoms with van der Waals surface area (Å²) in [5.74, 6) is 0.973. The molecule has 1 heterocycles. The van der Waals surface area contributed by atoms with Gasteiger partial charge in [-0.05, 0) is 44.6 Å². The minimum absolute atomic E-state index is 0.700. The first-order valence-electron chi connectivity index (χ1n) is 7.71. The maximum Gasteiger partial charge on any atom is 0.123 e. The molecule has 0 atom stereocenters. The lowest BCUT2D eigenvalue weighted by molar-refractivity contribution is 0.0374. The predicted molar refractivity (Wildman–Crippen MR) is 88.9 cm³/mol. The van der Waals surface area contributed by atoms with E-state index >= 15 is 0 Å². The van der Waals surface area contributed by atoms with Crippen molar-refractivity contribution < 1.29 is 9.47 Å². The Morgan fingerprint density at radius 2 is 2.14 bits per heavy atom. The molecular formula is C16H25BrN2O2. The summed E-state index contributed by atoms with van der Waals surface area (Å²) in [5.41, 5.74) is 1.21. The number of hydrogen-bond acceptors (Lipinski definition) is 4. The van der Waals surface area contributed by atoms with Crippen LogP contribution < -0.4 is 10.1 Å². The number of morpholine rings is 1. The van der Waals surface area contributed by atoms with Gasteiger partial charge >= 0.3 is 0 Å². The number of hydrogen-bond donors (Lipinski definition) is 1. The molecule has 1 saturated heterocycles. The molecule has 1 aliphatic heterocycles. The van der Waals surface area contributed by atoms with Gasteiger partial charge in [-0.1, -0.05) is 15.9 Å². The van der Waals surface area contributed by atoms with Gasteiger partial charge in [0.15, 0.2) is 0 Å². The summed E-state index contributed by atoms with van der Waals surface area (Å²) >= 11 is 3.52. The molecule has 5 heteroatoms. The molecule has 0 unspecified atom stereocenters. The Balaban J connectivity index is 1.69. The summed E-state index contributed by atoms with van der Waals surface area (Å²) in [6, 6.07) is 6.17. The molecule has 21 heavy (non-hydrogen) atoms. The van der Waals surface area contributed by atoms with E-state index < -0.39 is 0 Å². The lowest BCUT2D eigenvalue weighted by atomic mass is 10.2. The first kappa shape index (κ1) is 16.7. The summed E-state index contributed by atoms with van der Waals surface area (Å²) in [7, 11) is 0. The standard InChI is InChI=1S/C16H25BrN2O2/c1-2-21-16-5-4-15(17)12-14(16)13-18-6-3-7-19-8-10-20-11-9-19/h4-5,12,18H,2-3,6-11,13H2,1H3. The lowest BCUT2D eigenvalue weighted by Gasteiger charge is -2.26. The highest BCUT2D eigenvalue weighted by Crippen LogP contribution is 2.23. The smallest absolute Gasteiger partial charge is 0.123 e. The van der Waals surface area contributed by atoms with Gasteiger partial charge in [0.25, 0.3) is 0 Å². The fourth-order valence-electron chi connectivity index (χ4n) is 2.46. The molecule has 1 aliphatic rings. The molecule has 0 amide bonds. The molecule has 1 fully saturated rings. The molecule has 1 aromatic rings. The van der Waals surface area contributed by atoms with E-state index in [0.717, 1.165) is 62.6 Å². The van der Waals surface area contributed by atoms with E-state index in [-0.39, 0.29) is 0 Å². The van der Waals surface area contributed by atoms with Crippen LogP contribution in [0.4, 0.5) is 0 Å². The molecule has 0 spiro atoms. The normalized spacial score (nSPS) is 16.1. The largest absolute Gasteiger partial charge is 0.494 e. The van der Waals surface area contributed by atoms with Crippen molar-refractivity contribution in [2.75, 3.05) is 46.0 Å². The highest BCUT2D eigenvalue weighted by Gasteiger charge is 2.09. The fourth-order valence-corrected chi connectivity index (χ4v) is 2.87. The van der Waals surface area contributed by atoms with E-state index in [2.05, 4.69) is 32.2 Å². The Labute approximate surface area is 135 Å². The highest BCUT2D eigenvalue weighted by atomic mass is 79.9. The Morgan fingerprint density at radius 1 is 1.33 bits per heavy atom. The van der Waals surface area contributed by atoms with Crippen LogP contribution in [0.15, 0.2) is 22.7 Å². The van der Waals surface area contributed by atoms with E-state index in [4.69, 9.17) is 9.47 Å². The molecule has 0 radical (unpaired) electrons. The number of benzene rings is 1. The van der Waals surface area contributed by atoms with Crippen LogP contribution in [0.1, 0.15) is 18.9 Å². The SMILES string of the molecule is CCOc1ccc(Br)cc1CNCCCN1CCOCC1. The van der Waals surface area contributed by atoms with Crippen LogP contribution in [0, 0.1) is 0 Å². The second kappa shape index (κ2) is 9.41. The Kier molecular flexibility index (Phi) is 7.50. The van der Waals surface area contributed by atoms with Crippen molar-refractivity contribution in [3.63, 3.8) is 0 Å². The maximum absolute atomic E-state index is 5.66. The zero-order valence-electron chi connectivity index (χ0n) is 12.7. The van der Waals surface area contributed by atoms with Crippen molar-refractivity contribution in [1.29, 1.82) is 0 Å². The van der Waals surface area contributed by atoms with E-state index in [0.29, 0.717) is 6.61 Å². The first-order chi connectivity index (χ1) is 10.3. The van der Waals surface area contributed by atoms with E-state index in [1.165, 1.54) is 5.56 Å². The van der Waals surface area contributed by atoms with Crippen LogP contribution >= 0.6 is 15.9 Å². The minimum atomic E-state index is 0.700. The van der Waals surface area contributed by atoms with Crippen LogP contribution in [0.3, 0.4) is 0 Å². The maximum atomic E-state index is 5.66. The second-order valence-electron chi connectivity index (χ2n) is 5.17. The lowest BCUT2D eigenvalue weighted by Crippen LogP contribution is -2.37. The van der Waals surface area contributed by atoms with Gasteiger partial charge in [0.1, 0.15) is 5.75 Å². The van der Waals surface area contributed by atoms with Crippen molar-refractivity contribution in [3.8, 4) is 5.75 Å². The van der Waals surface area contributed by atoms with Crippen molar-refractivity contribution in [2.45, 2.75) is 19.9 Å². The number of rotatable bonds is 8. The molecule has 118 valence electrons. The zero-order valence-corrected chi connectivity index (χ0v) is 14.3. The van der Waals surface area contributed by atoms with Gasteiger partial charge in [0.2, 0.25) is 0 Å². The number of ether oxygens (including phenoxy) is 2. The summed E-state index contributed by atoms with van der Waals surface area (Å²) < 4.78 is 12.1. The Morgan fingerprint density at radius 3 is 2.90 bits per heavy atom. The van der Waals surface area contributed by atoms with Gasteiger partial charge in [0, 0.05) is 29.7 Å². The van der Waals surface area contributed by atoms with Gasteiger partial charge < -0.3 is 14.8 Å². The van der Waals surface area contributed by atoms with Gasteiger partial charge in [-0.25, -0.2) is 0 Å². The van der Waals surface area contributed by atoms with E-state index in [1.807, 2.05) is 19.1 Å². The van der Waals surface area contributed by atoms with Gasteiger partial charge in [-0.3, -0.25) is 4.90 Å². The third-order valence-electron chi connectivity index (χ3n) is 3.57. The van der Waals surface area contributed by atoms with E-state index in [1.54, 1.807) is 0 Å². The molecule has 1 N–H and O–H groups in total. The molecule has 0 aliphatic carbocycles. The third kappa shape index (κ3) is 5.94. The monoisotopic (exact) mass is 356 g/mol. The summed E-state index contributed by atoms with van der Waals surface area (Å²) in [6.45, 7) is 9.63. The van der Waals surface area contributed by atoms with Crippen molar-refractivity contribution >= 4 is 15.9 Å². The number of nitrogens with zero attached hydrogens (tertiary/aromatic N) is 1. The molecule has 4 nitrogen and oxygen atoms in total. The molecule has 0 saturated carbocycles. The van der Waals surface area contributed by atoms with Crippen LogP contribution in [-0.4, -0.2) is 50.9 Å². The van der Waals surface area contributed by atoms with Crippen LogP contribution in [0.5, 0.6) is 5.75 Å². The average Bonchev–Trinajstić information content (AvgIpc) is 2.51. The summed E-state index contributed by atoms with van der Waals surface area (Å²) in [5, 5.41) is 3.51. The van der Waals surface area contributed by atoms with Crippen LogP contribution in [-0.2, 0) is 11.3 Å². The number of nitrogens with one attached hydrogen (secondary N) is 1. The van der Waals surface area contributed by atoms with Crippen molar-refractivity contribution in [2.24, 2.45) is 0 Å². The Hall–Kier alpha value is -0.620. The van der Waals surface area contributed by atoms with Crippen molar-refractivity contribution in [1.82, 2.24) is 10.2 Å². The quantitative estimate of drug-likeness (QED) is 0.726. The van der Waals surface area contributed by atoms with Crippen LogP contribution in [0.2, 0.25) is 0 Å². The molecule has 1 aromatic carbocycles. The fraction of sp³-hybridized carbons (Fsp3) is 0.625. The van der Waals surface area contributed by atoms with Gasteiger partial charge in [0.05, 0.1) is 19.8 Å². The predicted octanol–water partition coefficient (Wildman–Crippen LogP) is 2.66. The third-order valence-corrected chi connectivity index (χ3v) is 4.06. The second-order valence-corrected chi connectivity index (χ2v) is 6.09. The summed E-state index contributed by atoms with van der Waals surface area (Å²) in [6.07, 6.45) is 1.16. The number of halogens is 1. The molecule has 0 aromatic heterocycles. The molecule has 2 rings (SSSR count). The van der Waals surface area contributed by atoms with Gasteiger partial charge in [-0.2, -0.15) is 0 Å². The van der Waals surface area contributed by atoms with E-state index in [9.17, 15) is 0 Å². The minimum Gasteiger partial charge on any atom is -0.494 e. The topological polar surface area (TPSA) is 33.7 Å². The zero-order chi connectivity index (χ0) is 14.9. The average molecular weight is 357 g/mol. The highest BCUT2D eigenvalue weighted by molar-refractivity contribution is 9.10. The van der Waals surface area contributed by atoms with Crippen LogP contribution in [0.25, 0.3) is 0 Å². The first-order valence-corrected chi connectivity index (χ1v) is 8.51. The molecule has 0 bridgehead atoms. The van der Waals surface area contributed by atoms with Crippen molar-refractivity contribution in [3.05, 3.63) is 28.2 Å². The Bertz CT molecular complexity index is 423. The molecular weight excluding hydrogens is 332 g/mol. The van der Waals surface area contributed by atoms with Gasteiger partial charge in [-0.15, -0.1) is 0 Å².